The molecule has 2 aromatic heterocycles. The van der Waals surface area contributed by atoms with Gasteiger partial charge >= 0.3 is 0 Å². The van der Waals surface area contributed by atoms with Crippen LogP contribution >= 0.6 is 0 Å². The number of hydrogen-bond donors (Lipinski definition) is 2. The zero-order valence-corrected chi connectivity index (χ0v) is 31.7. The van der Waals surface area contributed by atoms with Crippen molar-refractivity contribution in [2.75, 3.05) is 76.9 Å². The number of rotatable bonds is 8. The van der Waals surface area contributed by atoms with Crippen molar-refractivity contribution < 1.29 is 44.9 Å². The van der Waals surface area contributed by atoms with Crippen LogP contribution in [-0.2, 0) is 20.2 Å². The van der Waals surface area contributed by atoms with E-state index in [9.17, 15) is 16.8 Å². The van der Waals surface area contributed by atoms with Crippen molar-refractivity contribution in [3.05, 3.63) is 72.1 Å². The van der Waals surface area contributed by atoms with Crippen molar-refractivity contribution in [1.82, 2.24) is 9.97 Å². The molecule has 0 bridgehead atoms. The lowest BCUT2D eigenvalue weighted by Crippen LogP contribution is -2.31. The Morgan fingerprint density at radius 3 is 1.08 bits per heavy atom. The molecule has 51 heavy (non-hydrogen) atoms. The first kappa shape index (κ1) is 40.8. The second kappa shape index (κ2) is 18.0. The molecule has 0 amide bonds. The van der Waals surface area contributed by atoms with Crippen molar-refractivity contribution in [2.45, 2.75) is 20.3 Å². The molecular formula is C35H46N4O10S2. The van der Waals surface area contributed by atoms with Gasteiger partial charge in [0, 0.05) is 60.8 Å². The van der Waals surface area contributed by atoms with Gasteiger partial charge in [0.2, 0.25) is 0 Å². The second-order valence-corrected chi connectivity index (χ2v) is 14.5. The van der Waals surface area contributed by atoms with Crippen molar-refractivity contribution in [3.8, 4) is 45.3 Å². The summed E-state index contributed by atoms with van der Waals surface area (Å²) in [5.41, 5.74) is 6.05. The fourth-order valence-corrected chi connectivity index (χ4v) is 5.37. The monoisotopic (exact) mass is 746 g/mol. The highest BCUT2D eigenvalue weighted by Crippen LogP contribution is 2.36. The van der Waals surface area contributed by atoms with E-state index in [2.05, 4.69) is 34.1 Å². The molecule has 0 saturated carbocycles. The molecule has 0 spiro atoms. The molecule has 3 heterocycles. The van der Waals surface area contributed by atoms with Gasteiger partial charge in [0.1, 0.15) is 34.6 Å². The minimum Gasteiger partial charge on any atom is -0.496 e. The van der Waals surface area contributed by atoms with Gasteiger partial charge < -0.3 is 28.7 Å². The lowest BCUT2D eigenvalue weighted by atomic mass is 10.0. The SMILES string of the molecule is COc1cc(-c2ccc(N3CCCN(c4ccc(-c5cc(OC)c(C)c(OC)c5)cn4)CC3)nc2)cc(OC)c1C.CS(=O)(=O)O.CS(=O)(=O)O. The summed E-state index contributed by atoms with van der Waals surface area (Å²) >= 11 is 0. The Morgan fingerprint density at radius 1 is 0.549 bits per heavy atom. The molecule has 278 valence electrons. The number of hydrogen-bond acceptors (Lipinski definition) is 12. The van der Waals surface area contributed by atoms with Crippen LogP contribution in [0.15, 0.2) is 60.9 Å². The molecule has 14 nitrogen and oxygen atoms in total. The van der Waals surface area contributed by atoms with Gasteiger partial charge in [0.15, 0.2) is 0 Å². The fraction of sp³-hybridized carbons (Fsp3) is 0.371. The van der Waals surface area contributed by atoms with Gasteiger partial charge in [-0.15, -0.1) is 0 Å². The van der Waals surface area contributed by atoms with Crippen LogP contribution in [0.5, 0.6) is 23.0 Å². The molecule has 0 atom stereocenters. The predicted octanol–water partition coefficient (Wildman–Crippen LogP) is 5.19. The average Bonchev–Trinajstić information content (AvgIpc) is 3.34. The molecule has 2 N–H and O–H groups in total. The summed E-state index contributed by atoms with van der Waals surface area (Å²) in [5, 5.41) is 0. The summed E-state index contributed by atoms with van der Waals surface area (Å²) in [5.74, 6) is 5.17. The Morgan fingerprint density at radius 2 is 0.843 bits per heavy atom. The molecule has 1 aliphatic rings. The van der Waals surface area contributed by atoms with Gasteiger partial charge in [-0.1, -0.05) is 0 Å². The van der Waals surface area contributed by atoms with E-state index in [1.807, 2.05) is 50.5 Å². The first-order valence-corrected chi connectivity index (χ1v) is 19.4. The summed E-state index contributed by atoms with van der Waals surface area (Å²) in [6, 6.07) is 16.5. The van der Waals surface area contributed by atoms with Crippen LogP contribution in [-0.4, -0.2) is 103 Å². The van der Waals surface area contributed by atoms with Gasteiger partial charge in [-0.2, -0.15) is 16.8 Å². The summed E-state index contributed by atoms with van der Waals surface area (Å²) in [6.45, 7) is 7.61. The maximum Gasteiger partial charge on any atom is 0.261 e. The van der Waals surface area contributed by atoms with Gasteiger partial charge in [0.25, 0.3) is 20.2 Å². The maximum absolute atomic E-state index is 9.19. The standard InChI is InChI=1S/C33H38N4O4.2CH4O3S/c1-22-28(38-3)16-26(17-29(22)39-4)24-8-10-32(34-20-24)36-12-7-13-37(15-14-36)33-11-9-25(21-35-33)27-18-30(40-5)23(2)31(19-27)41-6;2*1-5(2,3)4/h8-11,16-21H,7,12-15H2,1-6H3;2*1H3,(H,2,3,4). The van der Waals surface area contributed by atoms with E-state index in [0.29, 0.717) is 12.5 Å². The Kier molecular flexibility index (Phi) is 14.4. The quantitative estimate of drug-likeness (QED) is 0.225. The summed E-state index contributed by atoms with van der Waals surface area (Å²) in [4.78, 5) is 14.3. The molecule has 0 radical (unpaired) electrons. The van der Waals surface area contributed by atoms with E-state index in [4.69, 9.17) is 38.0 Å². The second-order valence-electron chi connectivity index (χ2n) is 11.6. The highest BCUT2D eigenvalue weighted by atomic mass is 32.2. The van der Waals surface area contributed by atoms with E-state index < -0.39 is 20.2 Å². The van der Waals surface area contributed by atoms with E-state index in [1.54, 1.807) is 28.4 Å². The molecule has 0 aliphatic carbocycles. The van der Waals surface area contributed by atoms with Crippen molar-refractivity contribution >= 4 is 31.9 Å². The lowest BCUT2D eigenvalue weighted by molar-refractivity contribution is 0.389. The van der Waals surface area contributed by atoms with Gasteiger partial charge in [-0.3, -0.25) is 9.11 Å². The van der Waals surface area contributed by atoms with Crippen molar-refractivity contribution in [3.63, 3.8) is 0 Å². The number of pyridine rings is 2. The van der Waals surface area contributed by atoms with E-state index >= 15 is 0 Å². The third-order valence-corrected chi connectivity index (χ3v) is 7.81. The molecule has 0 unspecified atom stereocenters. The third-order valence-electron chi connectivity index (χ3n) is 7.81. The minimum atomic E-state index is -3.67. The van der Waals surface area contributed by atoms with Crippen LogP contribution in [0, 0.1) is 13.8 Å². The van der Waals surface area contributed by atoms with Crippen molar-refractivity contribution in [2.24, 2.45) is 0 Å². The first-order valence-electron chi connectivity index (χ1n) is 15.7. The maximum atomic E-state index is 9.19. The van der Waals surface area contributed by atoms with Gasteiger partial charge in [-0.25, -0.2) is 9.97 Å². The van der Waals surface area contributed by atoms with E-state index in [1.165, 1.54) is 0 Å². The number of ether oxygens (including phenoxy) is 4. The minimum absolute atomic E-state index is 0.715. The Labute approximate surface area is 300 Å². The third kappa shape index (κ3) is 12.6. The number of anilines is 2. The number of methoxy groups -OCH3 is 4. The van der Waals surface area contributed by atoms with Gasteiger partial charge in [0.05, 0.1) is 41.0 Å². The fourth-order valence-electron chi connectivity index (χ4n) is 5.37. The van der Waals surface area contributed by atoms with Crippen LogP contribution in [0.1, 0.15) is 17.5 Å². The summed E-state index contributed by atoms with van der Waals surface area (Å²) in [7, 11) is -0.618. The topological polar surface area (TPSA) is 178 Å². The highest BCUT2D eigenvalue weighted by molar-refractivity contribution is 7.85. The zero-order valence-electron chi connectivity index (χ0n) is 30.1. The summed E-state index contributed by atoms with van der Waals surface area (Å²) in [6.07, 6.45) is 6.30. The predicted molar refractivity (Wildman–Crippen MR) is 199 cm³/mol. The number of nitrogens with zero attached hydrogens (tertiary/aromatic N) is 4. The Hall–Kier alpha value is -4.64. The largest absolute Gasteiger partial charge is 0.496 e. The van der Waals surface area contributed by atoms with Crippen LogP contribution in [0.3, 0.4) is 0 Å². The molecule has 1 aliphatic heterocycles. The molecule has 16 heteroatoms. The number of aromatic nitrogens is 2. The lowest BCUT2D eigenvalue weighted by Gasteiger charge is -2.24. The van der Waals surface area contributed by atoms with E-state index in [-0.39, 0.29) is 0 Å². The zero-order chi connectivity index (χ0) is 37.9. The normalized spacial score (nSPS) is 13.1. The highest BCUT2D eigenvalue weighted by Gasteiger charge is 2.18. The molecule has 1 fully saturated rings. The molecular weight excluding hydrogens is 701 g/mol. The van der Waals surface area contributed by atoms with Crippen LogP contribution in [0.25, 0.3) is 22.3 Å². The molecule has 2 aromatic carbocycles. The molecule has 1 saturated heterocycles. The average molecular weight is 747 g/mol. The first-order chi connectivity index (χ1) is 23.9. The Balaban J connectivity index is 0.000000619. The summed E-state index contributed by atoms with van der Waals surface area (Å²) < 4.78 is 73.9. The number of benzene rings is 2. The smallest absolute Gasteiger partial charge is 0.261 e. The molecule has 4 aromatic rings. The van der Waals surface area contributed by atoms with Crippen LogP contribution in [0.2, 0.25) is 0 Å². The van der Waals surface area contributed by atoms with Crippen LogP contribution in [0.4, 0.5) is 11.6 Å². The van der Waals surface area contributed by atoms with Crippen LogP contribution < -0.4 is 28.7 Å². The van der Waals surface area contributed by atoms with Gasteiger partial charge in [-0.05, 0) is 79.9 Å². The Bertz CT molecular complexity index is 1760. The molecule has 5 rings (SSSR count). The van der Waals surface area contributed by atoms with Crippen molar-refractivity contribution in [1.29, 1.82) is 0 Å². The van der Waals surface area contributed by atoms with E-state index in [0.717, 1.165) is 101 Å².